The molecule has 5 nitrogen and oxygen atoms in total. The van der Waals surface area contributed by atoms with Gasteiger partial charge in [0.15, 0.2) is 0 Å². The van der Waals surface area contributed by atoms with Crippen molar-refractivity contribution in [2.45, 2.75) is 38.4 Å². The first-order valence-corrected chi connectivity index (χ1v) is 8.04. The highest BCUT2D eigenvalue weighted by molar-refractivity contribution is 5.78. The molecule has 0 radical (unpaired) electrons. The van der Waals surface area contributed by atoms with Crippen LogP contribution in [0.3, 0.4) is 0 Å². The van der Waals surface area contributed by atoms with Crippen LogP contribution in [0.5, 0.6) is 0 Å². The molecule has 22 heavy (non-hydrogen) atoms. The Balaban J connectivity index is 1.97. The highest BCUT2D eigenvalue weighted by atomic mass is 16.3. The van der Waals surface area contributed by atoms with E-state index in [-0.39, 0.29) is 5.91 Å². The van der Waals surface area contributed by atoms with Crippen LogP contribution >= 0.6 is 0 Å². The highest BCUT2D eigenvalue weighted by Gasteiger charge is 2.24. The number of aliphatic hydroxyl groups excluding tert-OH is 2. The zero-order valence-corrected chi connectivity index (χ0v) is 13.2. The number of carbonyl (C=O) groups is 1. The van der Waals surface area contributed by atoms with Gasteiger partial charge in [0.2, 0.25) is 5.91 Å². The standard InChI is InChI=1S/C17H26N2O3/c1-2-15(20)11-19(14-7-4-3-5-8-14)13-16(21)12-18-10-6-9-17(18)22/h3-5,7-8,15-16,20-21H,2,6,9-13H2,1H3. The predicted octanol–water partition coefficient (Wildman–Crippen LogP) is 1.25. The first-order chi connectivity index (χ1) is 10.6. The minimum Gasteiger partial charge on any atom is -0.391 e. The summed E-state index contributed by atoms with van der Waals surface area (Å²) in [7, 11) is 0. The molecule has 2 unspecified atom stereocenters. The van der Waals surface area contributed by atoms with Crippen molar-refractivity contribution < 1.29 is 15.0 Å². The average Bonchev–Trinajstić information content (AvgIpc) is 2.92. The van der Waals surface area contributed by atoms with Gasteiger partial charge in [0.25, 0.3) is 0 Å². The maximum atomic E-state index is 11.7. The van der Waals surface area contributed by atoms with Crippen LogP contribution < -0.4 is 4.90 Å². The minimum absolute atomic E-state index is 0.124. The molecule has 0 aliphatic carbocycles. The monoisotopic (exact) mass is 306 g/mol. The summed E-state index contributed by atoms with van der Waals surface area (Å²) in [6.07, 6.45) is 1.09. The number of aliphatic hydroxyl groups is 2. The molecule has 1 aliphatic rings. The number of carbonyl (C=O) groups excluding carboxylic acids is 1. The van der Waals surface area contributed by atoms with Gasteiger partial charge in [0.1, 0.15) is 0 Å². The van der Waals surface area contributed by atoms with Crippen LogP contribution in [0.1, 0.15) is 26.2 Å². The zero-order chi connectivity index (χ0) is 15.9. The number of rotatable bonds is 8. The number of likely N-dealkylation sites (tertiary alicyclic amines) is 1. The van der Waals surface area contributed by atoms with Gasteiger partial charge in [-0.25, -0.2) is 0 Å². The Morgan fingerprint density at radius 1 is 1.18 bits per heavy atom. The number of hydrogen-bond donors (Lipinski definition) is 2. The SMILES string of the molecule is CCC(O)CN(CC(O)CN1CCCC1=O)c1ccccc1. The molecule has 1 aromatic carbocycles. The van der Waals surface area contributed by atoms with Gasteiger partial charge >= 0.3 is 0 Å². The summed E-state index contributed by atoms with van der Waals surface area (Å²) in [5.41, 5.74) is 0.974. The second-order valence-electron chi connectivity index (χ2n) is 5.90. The minimum atomic E-state index is -0.619. The number of anilines is 1. The van der Waals surface area contributed by atoms with Crippen molar-refractivity contribution >= 4 is 11.6 Å². The van der Waals surface area contributed by atoms with Gasteiger partial charge in [0.05, 0.1) is 12.2 Å². The second kappa shape index (κ2) is 8.15. The van der Waals surface area contributed by atoms with Crippen LogP contribution in [0.15, 0.2) is 30.3 Å². The van der Waals surface area contributed by atoms with Crippen molar-refractivity contribution in [1.82, 2.24) is 4.90 Å². The molecule has 122 valence electrons. The molecule has 1 saturated heterocycles. The van der Waals surface area contributed by atoms with E-state index >= 15 is 0 Å². The van der Waals surface area contributed by atoms with Crippen molar-refractivity contribution in [3.63, 3.8) is 0 Å². The van der Waals surface area contributed by atoms with Gasteiger partial charge in [0, 0.05) is 38.3 Å². The Hall–Kier alpha value is -1.59. The number of hydrogen-bond acceptors (Lipinski definition) is 4. The Kier molecular flexibility index (Phi) is 6.21. The molecule has 2 N–H and O–H groups in total. The number of para-hydroxylation sites is 1. The highest BCUT2D eigenvalue weighted by Crippen LogP contribution is 2.16. The van der Waals surface area contributed by atoms with Crippen LogP contribution in [0.4, 0.5) is 5.69 Å². The number of β-amino-alcohol motifs (C(OH)–C–C–N with tert-alkyl or cyclic N) is 1. The van der Waals surface area contributed by atoms with E-state index in [0.717, 1.165) is 18.7 Å². The fraction of sp³-hybridized carbons (Fsp3) is 0.588. The fourth-order valence-electron chi connectivity index (χ4n) is 2.77. The summed E-state index contributed by atoms with van der Waals surface area (Å²) >= 11 is 0. The fourth-order valence-corrected chi connectivity index (χ4v) is 2.77. The van der Waals surface area contributed by atoms with Gasteiger partial charge in [-0.2, -0.15) is 0 Å². The molecular weight excluding hydrogens is 280 g/mol. The smallest absolute Gasteiger partial charge is 0.222 e. The lowest BCUT2D eigenvalue weighted by molar-refractivity contribution is -0.128. The predicted molar refractivity (Wildman–Crippen MR) is 86.8 cm³/mol. The normalized spacial score (nSPS) is 17.6. The van der Waals surface area contributed by atoms with Crippen molar-refractivity contribution in [3.8, 4) is 0 Å². The Morgan fingerprint density at radius 2 is 1.86 bits per heavy atom. The molecule has 0 saturated carbocycles. The molecule has 1 aromatic rings. The first-order valence-electron chi connectivity index (χ1n) is 8.04. The van der Waals surface area contributed by atoms with Crippen LogP contribution in [0.25, 0.3) is 0 Å². The number of nitrogens with zero attached hydrogens (tertiary/aromatic N) is 2. The van der Waals surface area contributed by atoms with E-state index in [1.165, 1.54) is 0 Å². The summed E-state index contributed by atoms with van der Waals surface area (Å²) in [4.78, 5) is 15.4. The lowest BCUT2D eigenvalue weighted by Crippen LogP contribution is -2.43. The average molecular weight is 306 g/mol. The Morgan fingerprint density at radius 3 is 2.45 bits per heavy atom. The number of amides is 1. The number of benzene rings is 1. The van der Waals surface area contributed by atoms with Crippen molar-refractivity contribution in [3.05, 3.63) is 30.3 Å². The zero-order valence-electron chi connectivity index (χ0n) is 13.2. The molecule has 0 bridgehead atoms. The third-order valence-electron chi connectivity index (χ3n) is 4.06. The molecule has 0 spiro atoms. The van der Waals surface area contributed by atoms with E-state index in [2.05, 4.69) is 0 Å². The Bertz CT molecular complexity index is 466. The van der Waals surface area contributed by atoms with E-state index in [9.17, 15) is 15.0 Å². The summed E-state index contributed by atoms with van der Waals surface area (Å²) in [5, 5.41) is 20.3. The van der Waals surface area contributed by atoms with E-state index in [0.29, 0.717) is 32.5 Å². The van der Waals surface area contributed by atoms with E-state index in [1.54, 1.807) is 4.90 Å². The molecule has 1 aliphatic heterocycles. The van der Waals surface area contributed by atoms with Crippen LogP contribution in [0.2, 0.25) is 0 Å². The van der Waals surface area contributed by atoms with Crippen molar-refractivity contribution in [2.75, 3.05) is 31.1 Å². The molecule has 0 aromatic heterocycles. The topological polar surface area (TPSA) is 64.0 Å². The molecule has 1 fully saturated rings. The third kappa shape index (κ3) is 4.71. The summed E-state index contributed by atoms with van der Waals surface area (Å²) in [5.74, 6) is 0.124. The summed E-state index contributed by atoms with van der Waals surface area (Å²) < 4.78 is 0. The summed E-state index contributed by atoms with van der Waals surface area (Å²) in [6, 6.07) is 9.76. The maximum absolute atomic E-state index is 11.7. The molecule has 2 atom stereocenters. The van der Waals surface area contributed by atoms with E-state index in [4.69, 9.17) is 0 Å². The largest absolute Gasteiger partial charge is 0.391 e. The third-order valence-corrected chi connectivity index (χ3v) is 4.06. The van der Waals surface area contributed by atoms with Gasteiger partial charge in [-0.1, -0.05) is 25.1 Å². The van der Waals surface area contributed by atoms with Gasteiger partial charge in [-0.05, 0) is 25.0 Å². The van der Waals surface area contributed by atoms with Crippen molar-refractivity contribution in [2.24, 2.45) is 0 Å². The van der Waals surface area contributed by atoms with E-state index in [1.807, 2.05) is 42.2 Å². The van der Waals surface area contributed by atoms with Gasteiger partial charge < -0.3 is 20.0 Å². The van der Waals surface area contributed by atoms with Gasteiger partial charge in [-0.3, -0.25) is 4.79 Å². The van der Waals surface area contributed by atoms with Crippen LogP contribution in [-0.4, -0.2) is 59.4 Å². The van der Waals surface area contributed by atoms with Crippen LogP contribution in [0, 0.1) is 0 Å². The second-order valence-corrected chi connectivity index (χ2v) is 5.90. The molecule has 1 amide bonds. The Labute approximate surface area is 132 Å². The van der Waals surface area contributed by atoms with Crippen molar-refractivity contribution in [1.29, 1.82) is 0 Å². The first kappa shape index (κ1) is 16.8. The lowest BCUT2D eigenvalue weighted by Gasteiger charge is -2.30. The molecular formula is C17H26N2O3. The molecule has 1 heterocycles. The van der Waals surface area contributed by atoms with Gasteiger partial charge in [-0.15, -0.1) is 0 Å². The van der Waals surface area contributed by atoms with Crippen LogP contribution in [-0.2, 0) is 4.79 Å². The quantitative estimate of drug-likeness (QED) is 0.759. The maximum Gasteiger partial charge on any atom is 0.222 e. The summed E-state index contributed by atoms with van der Waals surface area (Å²) in [6.45, 7) is 3.92. The molecule has 2 rings (SSSR count). The van der Waals surface area contributed by atoms with E-state index < -0.39 is 12.2 Å². The molecule has 5 heteroatoms. The lowest BCUT2D eigenvalue weighted by atomic mass is 10.2.